The van der Waals surface area contributed by atoms with Crippen molar-refractivity contribution in [3.63, 3.8) is 0 Å². The highest BCUT2D eigenvalue weighted by Crippen LogP contribution is 2.52. The lowest BCUT2D eigenvalue weighted by Gasteiger charge is -2.18. The minimum atomic E-state index is 0.916. The molecule has 618 valence electrons. The standard InChI is InChI=1S/C44H30O.C43H28O.C42H26O/c1-2-28-23-24-33-32(25-28)27-39(44-43(33)38-21-10-11-22-40(38)45-44)30-15-12-16-31(26-30)42-36-19-8-6-17-34(36)41(29-13-4-3-5-14-29)35-18-7-9-20-37(35)42;1-27-13-11-24-37-41-32-19-6-5-16-30(32)26-38(43(41)44-42(27)37)29-17-12-18-31(25-29)40-35-22-9-7-20-33(35)39(28-14-3-2-4-15-28)34-21-8-10-23-36(34)40;1-2-13-27(14-3-1)39-32-19-6-8-21-34(32)40(35-22-9-7-20-33(35)39)30-17-12-16-28(25-30)37-26-29-15-4-5-18-31(29)41-36-23-10-11-24-38(36)43-42(37)41/h3-27H,2H2,1H3;2-26H,1H3;1-26H. The van der Waals surface area contributed by atoms with E-state index in [2.05, 4.69) is 469 Å². The average molecular weight is 1680 g/mol. The van der Waals surface area contributed by atoms with E-state index in [1.807, 2.05) is 6.07 Å². The van der Waals surface area contributed by atoms with E-state index in [4.69, 9.17) is 13.3 Å². The fourth-order valence-electron chi connectivity index (χ4n) is 21.5. The van der Waals surface area contributed by atoms with E-state index >= 15 is 0 Å². The maximum atomic E-state index is 6.73. The number of fused-ring (bicyclic) bond motifs is 21. The van der Waals surface area contributed by atoms with Crippen LogP contribution in [0.25, 0.3) is 263 Å². The normalized spacial score (nSPS) is 11.7. The van der Waals surface area contributed by atoms with Crippen molar-refractivity contribution in [1.29, 1.82) is 0 Å². The smallest absolute Gasteiger partial charge is 0.143 e. The van der Waals surface area contributed by atoms with Crippen LogP contribution in [0.3, 0.4) is 0 Å². The van der Waals surface area contributed by atoms with Gasteiger partial charge in [-0.2, -0.15) is 0 Å². The van der Waals surface area contributed by atoms with Crippen LogP contribution >= 0.6 is 0 Å². The van der Waals surface area contributed by atoms with Crippen LogP contribution < -0.4 is 0 Å². The number of hydrogen-bond acceptors (Lipinski definition) is 3. The molecule has 0 bridgehead atoms. The second-order valence-electron chi connectivity index (χ2n) is 34.9. The molecule has 0 radical (unpaired) electrons. The van der Waals surface area contributed by atoms with Gasteiger partial charge in [-0.25, -0.2) is 0 Å². The van der Waals surface area contributed by atoms with Gasteiger partial charge in [-0.05, 0) is 253 Å². The molecule has 132 heavy (non-hydrogen) atoms. The number of hydrogen-bond donors (Lipinski definition) is 0. The number of rotatable bonds is 10. The van der Waals surface area contributed by atoms with Crippen LogP contribution in [0, 0.1) is 6.92 Å². The van der Waals surface area contributed by atoms with Crippen LogP contribution in [0.15, 0.2) is 474 Å². The first kappa shape index (κ1) is 77.4. The molecule has 0 unspecified atom stereocenters. The third-order valence-electron chi connectivity index (χ3n) is 27.4. The molecule has 0 atom stereocenters. The predicted octanol–water partition coefficient (Wildman–Crippen LogP) is 37.0. The van der Waals surface area contributed by atoms with Gasteiger partial charge in [0.25, 0.3) is 0 Å². The summed E-state index contributed by atoms with van der Waals surface area (Å²) >= 11 is 0. The Bertz CT molecular complexity index is 9160. The Morgan fingerprint density at radius 1 is 0.167 bits per heavy atom. The van der Waals surface area contributed by atoms with Crippen molar-refractivity contribution in [3.8, 4) is 100 Å². The van der Waals surface area contributed by atoms with Crippen LogP contribution in [0.1, 0.15) is 18.1 Å². The van der Waals surface area contributed by atoms with E-state index in [0.717, 1.165) is 89.6 Å². The molecular weight excluding hydrogens is 1600 g/mol. The van der Waals surface area contributed by atoms with E-state index in [9.17, 15) is 0 Å². The second-order valence-corrected chi connectivity index (χ2v) is 34.9. The topological polar surface area (TPSA) is 39.4 Å². The average Bonchev–Trinajstić information content (AvgIpc) is 1.64. The lowest BCUT2D eigenvalue weighted by atomic mass is 9.85. The summed E-state index contributed by atoms with van der Waals surface area (Å²) in [5.74, 6) is 0. The van der Waals surface area contributed by atoms with Gasteiger partial charge in [-0.3, -0.25) is 0 Å². The third-order valence-corrected chi connectivity index (χ3v) is 27.4. The van der Waals surface area contributed by atoms with E-state index < -0.39 is 0 Å². The summed E-state index contributed by atoms with van der Waals surface area (Å²) in [5.41, 5.74) is 29.8. The molecule has 3 nitrogen and oxygen atoms in total. The quantitative estimate of drug-likeness (QED) is 0.128. The molecule has 0 N–H and O–H groups in total. The van der Waals surface area contributed by atoms with Crippen molar-refractivity contribution in [2.75, 3.05) is 0 Å². The van der Waals surface area contributed by atoms with Gasteiger partial charge in [-0.15, -0.1) is 0 Å². The first-order valence-electron chi connectivity index (χ1n) is 45.7. The summed E-state index contributed by atoms with van der Waals surface area (Å²) in [4.78, 5) is 0. The molecule has 27 aromatic rings. The Kier molecular flexibility index (Phi) is 18.8. The minimum Gasteiger partial charge on any atom is -0.455 e. The zero-order chi connectivity index (χ0) is 87.4. The maximum absolute atomic E-state index is 6.73. The molecule has 24 aromatic carbocycles. The Labute approximate surface area is 763 Å². The summed E-state index contributed by atoms with van der Waals surface area (Å²) in [6, 6.07) is 167. The Morgan fingerprint density at radius 3 is 0.765 bits per heavy atom. The molecule has 3 aromatic heterocycles. The Morgan fingerprint density at radius 2 is 0.417 bits per heavy atom. The zero-order valence-corrected chi connectivity index (χ0v) is 72.8. The van der Waals surface area contributed by atoms with Gasteiger partial charge in [0.05, 0.1) is 0 Å². The van der Waals surface area contributed by atoms with Crippen LogP contribution in [-0.4, -0.2) is 0 Å². The molecule has 0 aliphatic heterocycles. The SMILES string of the molecule is CCc1ccc2c(c1)cc(-c1cccc(-c3c4ccccc4c(-c4ccccc4)c4ccccc34)c1)c1oc3ccccc3c12.Cc1cccc2c1oc1c(-c3cccc(-c4c5ccccc5c(-c5ccccc5)c5ccccc45)c3)cc3ccccc3c12.c1ccc(-c2c3ccccc3c(-c3cccc(-c4cc5ccccc5c5c4oc4ccccc45)c3)c3ccccc23)cc1. The van der Waals surface area contributed by atoms with Gasteiger partial charge in [0.2, 0.25) is 0 Å². The highest BCUT2D eigenvalue weighted by molar-refractivity contribution is 6.29. The molecule has 3 heteroatoms. The second kappa shape index (κ2) is 32.1. The largest absolute Gasteiger partial charge is 0.455 e. The lowest BCUT2D eigenvalue weighted by Crippen LogP contribution is -1.91. The first-order chi connectivity index (χ1) is 65.4. The van der Waals surface area contributed by atoms with Gasteiger partial charge in [0.1, 0.15) is 33.5 Å². The van der Waals surface area contributed by atoms with Crippen molar-refractivity contribution in [3.05, 3.63) is 472 Å². The molecule has 0 aliphatic carbocycles. The van der Waals surface area contributed by atoms with Gasteiger partial charge in [0, 0.05) is 49.0 Å². The van der Waals surface area contributed by atoms with Gasteiger partial charge in [0.15, 0.2) is 0 Å². The van der Waals surface area contributed by atoms with Crippen LogP contribution in [0.4, 0.5) is 0 Å². The summed E-state index contributed by atoms with van der Waals surface area (Å²) in [7, 11) is 0. The number of aryl methyl sites for hydroxylation is 2. The molecule has 0 aliphatic rings. The van der Waals surface area contributed by atoms with E-state index in [1.54, 1.807) is 0 Å². The van der Waals surface area contributed by atoms with Gasteiger partial charge < -0.3 is 13.3 Å². The monoisotopic (exact) mass is 1680 g/mol. The fourth-order valence-corrected chi connectivity index (χ4v) is 21.5. The van der Waals surface area contributed by atoms with Crippen LogP contribution in [0.2, 0.25) is 0 Å². The highest BCUT2D eigenvalue weighted by atomic mass is 16.3. The third kappa shape index (κ3) is 12.9. The van der Waals surface area contributed by atoms with E-state index in [1.165, 1.54) is 191 Å². The van der Waals surface area contributed by atoms with Crippen molar-refractivity contribution in [2.45, 2.75) is 20.3 Å². The number of furan rings is 3. The Hall–Kier alpha value is -17.0. The van der Waals surface area contributed by atoms with Crippen molar-refractivity contribution in [1.82, 2.24) is 0 Å². The summed E-state index contributed by atoms with van der Waals surface area (Å²) in [6.45, 7) is 4.34. The summed E-state index contributed by atoms with van der Waals surface area (Å²) in [6.07, 6.45) is 1.00. The molecule has 0 fully saturated rings. The van der Waals surface area contributed by atoms with Gasteiger partial charge >= 0.3 is 0 Å². The van der Waals surface area contributed by atoms with E-state index in [0.29, 0.717) is 0 Å². The van der Waals surface area contributed by atoms with Crippen LogP contribution in [-0.2, 0) is 6.42 Å². The molecule has 27 rings (SSSR count). The summed E-state index contributed by atoms with van der Waals surface area (Å²) in [5, 5.41) is 29.5. The number of benzene rings is 24. The van der Waals surface area contributed by atoms with Crippen molar-refractivity contribution >= 4 is 163 Å². The fraction of sp³-hybridized carbons (Fsp3) is 0.0233. The van der Waals surface area contributed by atoms with Crippen molar-refractivity contribution in [2.24, 2.45) is 0 Å². The van der Waals surface area contributed by atoms with Crippen molar-refractivity contribution < 1.29 is 13.3 Å². The molecule has 0 saturated heterocycles. The maximum Gasteiger partial charge on any atom is 0.143 e. The highest BCUT2D eigenvalue weighted by Gasteiger charge is 2.26. The molecule has 0 spiro atoms. The predicted molar refractivity (Wildman–Crippen MR) is 562 cm³/mol. The van der Waals surface area contributed by atoms with E-state index in [-0.39, 0.29) is 0 Å². The number of para-hydroxylation sites is 3. The molecule has 3 heterocycles. The van der Waals surface area contributed by atoms with Gasteiger partial charge in [-0.1, -0.05) is 419 Å². The molecular formula is C129H84O3. The summed E-state index contributed by atoms with van der Waals surface area (Å²) < 4.78 is 20.0. The lowest BCUT2D eigenvalue weighted by molar-refractivity contribution is 0.667. The zero-order valence-electron chi connectivity index (χ0n) is 72.8. The van der Waals surface area contributed by atoms with Crippen LogP contribution in [0.5, 0.6) is 0 Å². The first-order valence-corrected chi connectivity index (χ1v) is 45.7. The molecule has 0 saturated carbocycles. The molecule has 0 amide bonds. The Balaban J connectivity index is 0.000000106. The minimum absolute atomic E-state index is 0.916.